The van der Waals surface area contributed by atoms with Crippen LogP contribution in [0, 0.1) is 10.1 Å². The van der Waals surface area contributed by atoms with Crippen molar-refractivity contribution in [3.05, 3.63) is 38.9 Å². The topological polar surface area (TPSA) is 72.2 Å². The van der Waals surface area contributed by atoms with Gasteiger partial charge in [-0.2, -0.15) is 0 Å². The quantitative estimate of drug-likeness (QED) is 0.663. The lowest BCUT2D eigenvalue weighted by Gasteiger charge is -2.09. The van der Waals surface area contributed by atoms with Crippen LogP contribution < -0.4 is 5.32 Å². The minimum absolute atomic E-state index is 0.0578. The van der Waals surface area contributed by atoms with Gasteiger partial charge in [-0.25, -0.2) is 0 Å². The molecule has 1 heterocycles. The van der Waals surface area contributed by atoms with Crippen LogP contribution in [-0.4, -0.2) is 16.1 Å². The van der Waals surface area contributed by atoms with Crippen molar-refractivity contribution in [3.8, 4) is 0 Å². The minimum Gasteiger partial charge on any atom is -0.339 e. The first-order chi connectivity index (χ1) is 7.99. The van der Waals surface area contributed by atoms with Gasteiger partial charge in [0.2, 0.25) is 5.91 Å². The summed E-state index contributed by atoms with van der Waals surface area (Å²) >= 11 is 7.15. The number of nitrogens with one attached hydrogen (secondary N) is 1. The Kier molecular flexibility index (Phi) is 3.26. The predicted octanol–water partition coefficient (Wildman–Crippen LogP) is 2.50. The monoisotopic (exact) mass is 272 g/mol. The van der Waals surface area contributed by atoms with Gasteiger partial charge in [0, 0.05) is 6.07 Å². The molecule has 2 rings (SSSR count). The summed E-state index contributed by atoms with van der Waals surface area (Å²) in [6.07, 6.45) is 0. The summed E-state index contributed by atoms with van der Waals surface area (Å²) in [5, 5.41) is 13.2. The van der Waals surface area contributed by atoms with Crippen molar-refractivity contribution in [1.82, 2.24) is 5.32 Å². The second-order valence-electron chi connectivity index (χ2n) is 3.63. The molecule has 5 nitrogen and oxygen atoms in total. The number of hydrogen-bond acceptors (Lipinski definition) is 4. The Balaban J connectivity index is 2.31. The molecule has 1 N–H and O–H groups in total. The minimum atomic E-state index is -0.531. The van der Waals surface area contributed by atoms with E-state index in [1.807, 2.05) is 0 Å². The number of rotatable bonds is 2. The van der Waals surface area contributed by atoms with E-state index in [0.29, 0.717) is 5.56 Å². The third kappa shape index (κ3) is 2.37. The lowest BCUT2D eigenvalue weighted by atomic mass is 10.2. The van der Waals surface area contributed by atoms with E-state index in [1.165, 1.54) is 23.9 Å². The van der Waals surface area contributed by atoms with Crippen LogP contribution in [0.3, 0.4) is 0 Å². The predicted molar refractivity (Wildman–Crippen MR) is 66.0 cm³/mol. The molecular formula is C10H9ClN2O3S. The van der Waals surface area contributed by atoms with Crippen LogP contribution in [0.4, 0.5) is 5.69 Å². The van der Waals surface area contributed by atoms with Gasteiger partial charge in [0.25, 0.3) is 5.69 Å². The van der Waals surface area contributed by atoms with Gasteiger partial charge in [-0.3, -0.25) is 14.9 Å². The van der Waals surface area contributed by atoms with Crippen LogP contribution in [0.1, 0.15) is 17.9 Å². The highest BCUT2D eigenvalue weighted by Crippen LogP contribution is 2.37. The summed E-state index contributed by atoms with van der Waals surface area (Å²) in [5.74, 6) is -0.0578. The average molecular weight is 273 g/mol. The summed E-state index contributed by atoms with van der Waals surface area (Å²) < 4.78 is 0. The fourth-order valence-corrected chi connectivity index (χ4v) is 2.82. The van der Waals surface area contributed by atoms with Crippen LogP contribution in [0.5, 0.6) is 0 Å². The zero-order chi connectivity index (χ0) is 12.6. The van der Waals surface area contributed by atoms with Gasteiger partial charge in [-0.1, -0.05) is 17.7 Å². The van der Waals surface area contributed by atoms with E-state index in [2.05, 4.69) is 5.32 Å². The fraction of sp³-hybridized carbons (Fsp3) is 0.300. The standard InChI is InChI=1S/C10H9ClN2O3S/c1-5-9(14)12-10(17-5)6-2-3-7(11)8(4-6)13(15)16/h2-5,10H,1H3,(H,12,14). The SMILES string of the molecule is CC1SC(c2ccc(Cl)c([N+](=O)[O-])c2)NC1=O. The van der Waals surface area contributed by atoms with E-state index < -0.39 is 4.92 Å². The molecule has 1 fully saturated rings. The zero-order valence-electron chi connectivity index (χ0n) is 8.84. The lowest BCUT2D eigenvalue weighted by molar-refractivity contribution is -0.384. The highest BCUT2D eigenvalue weighted by atomic mass is 35.5. The first kappa shape index (κ1) is 12.2. The van der Waals surface area contributed by atoms with Gasteiger partial charge >= 0.3 is 0 Å². The van der Waals surface area contributed by atoms with E-state index in [9.17, 15) is 14.9 Å². The van der Waals surface area contributed by atoms with Crippen molar-refractivity contribution >= 4 is 35.0 Å². The molecule has 7 heteroatoms. The molecule has 1 aliphatic rings. The number of nitro benzene ring substituents is 1. The number of hydrogen-bond donors (Lipinski definition) is 1. The van der Waals surface area contributed by atoms with Gasteiger partial charge in [0.05, 0.1) is 10.2 Å². The number of halogens is 1. The molecule has 1 aliphatic heterocycles. The Bertz CT molecular complexity index is 494. The summed E-state index contributed by atoms with van der Waals surface area (Å²) in [6.45, 7) is 1.80. The zero-order valence-corrected chi connectivity index (χ0v) is 10.4. The molecule has 0 bridgehead atoms. The fourth-order valence-electron chi connectivity index (χ4n) is 1.54. The Morgan fingerprint density at radius 3 is 2.76 bits per heavy atom. The van der Waals surface area contributed by atoms with Crippen LogP contribution in [0.15, 0.2) is 18.2 Å². The van der Waals surface area contributed by atoms with Crippen molar-refractivity contribution in [2.75, 3.05) is 0 Å². The number of benzene rings is 1. The molecule has 0 aliphatic carbocycles. The van der Waals surface area contributed by atoms with Crippen molar-refractivity contribution in [3.63, 3.8) is 0 Å². The highest BCUT2D eigenvalue weighted by molar-refractivity contribution is 8.01. The summed E-state index contributed by atoms with van der Waals surface area (Å²) in [7, 11) is 0. The van der Waals surface area contributed by atoms with Gasteiger partial charge in [-0.05, 0) is 18.6 Å². The third-order valence-electron chi connectivity index (χ3n) is 2.45. The molecule has 1 aromatic carbocycles. The van der Waals surface area contributed by atoms with Crippen molar-refractivity contribution in [1.29, 1.82) is 0 Å². The van der Waals surface area contributed by atoms with E-state index in [-0.39, 0.29) is 27.2 Å². The molecule has 0 spiro atoms. The normalized spacial score (nSPS) is 23.5. The molecule has 0 saturated carbocycles. The Morgan fingerprint density at radius 1 is 1.53 bits per heavy atom. The Morgan fingerprint density at radius 2 is 2.24 bits per heavy atom. The highest BCUT2D eigenvalue weighted by Gasteiger charge is 2.31. The van der Waals surface area contributed by atoms with Gasteiger partial charge in [0.15, 0.2) is 0 Å². The molecule has 2 atom stereocenters. The second kappa shape index (κ2) is 4.54. The van der Waals surface area contributed by atoms with Crippen LogP contribution in [0.2, 0.25) is 5.02 Å². The molecule has 0 aromatic heterocycles. The third-order valence-corrected chi connectivity index (χ3v) is 4.06. The number of thioether (sulfide) groups is 1. The van der Waals surface area contributed by atoms with E-state index in [0.717, 1.165) is 0 Å². The maximum absolute atomic E-state index is 11.4. The van der Waals surface area contributed by atoms with E-state index in [4.69, 9.17) is 11.6 Å². The largest absolute Gasteiger partial charge is 0.339 e. The van der Waals surface area contributed by atoms with Gasteiger partial charge in [0.1, 0.15) is 10.4 Å². The first-order valence-corrected chi connectivity index (χ1v) is 6.21. The van der Waals surface area contributed by atoms with Crippen molar-refractivity contribution in [2.45, 2.75) is 17.5 Å². The second-order valence-corrected chi connectivity index (χ2v) is 5.49. The van der Waals surface area contributed by atoms with Gasteiger partial charge < -0.3 is 5.32 Å². The number of nitro groups is 1. The van der Waals surface area contributed by atoms with Crippen molar-refractivity contribution in [2.24, 2.45) is 0 Å². The smallest absolute Gasteiger partial charge is 0.288 e. The Labute approximate surface area is 107 Å². The van der Waals surface area contributed by atoms with Crippen LogP contribution >= 0.6 is 23.4 Å². The number of carbonyl (C=O) groups is 1. The molecular weight excluding hydrogens is 264 g/mol. The molecule has 1 saturated heterocycles. The van der Waals surface area contributed by atoms with Crippen LogP contribution in [0.25, 0.3) is 0 Å². The number of amides is 1. The number of nitrogens with zero attached hydrogens (tertiary/aromatic N) is 1. The molecule has 2 unspecified atom stereocenters. The average Bonchev–Trinajstić information content (AvgIpc) is 2.59. The van der Waals surface area contributed by atoms with E-state index in [1.54, 1.807) is 13.0 Å². The molecule has 17 heavy (non-hydrogen) atoms. The molecule has 0 radical (unpaired) electrons. The summed E-state index contributed by atoms with van der Waals surface area (Å²) in [6, 6.07) is 4.56. The first-order valence-electron chi connectivity index (χ1n) is 4.88. The van der Waals surface area contributed by atoms with E-state index >= 15 is 0 Å². The lowest BCUT2D eigenvalue weighted by Crippen LogP contribution is -2.22. The number of carbonyl (C=O) groups excluding carboxylic acids is 1. The molecule has 1 aromatic rings. The maximum atomic E-state index is 11.4. The molecule has 90 valence electrons. The van der Waals surface area contributed by atoms with Crippen molar-refractivity contribution < 1.29 is 9.72 Å². The maximum Gasteiger partial charge on any atom is 0.288 e. The summed E-state index contributed by atoms with van der Waals surface area (Å²) in [5.41, 5.74) is 0.544. The Hall–Kier alpha value is -1.27. The van der Waals surface area contributed by atoms with Gasteiger partial charge in [-0.15, -0.1) is 11.8 Å². The molecule has 1 amide bonds. The summed E-state index contributed by atoms with van der Waals surface area (Å²) in [4.78, 5) is 21.6. The van der Waals surface area contributed by atoms with Crippen LogP contribution in [-0.2, 0) is 4.79 Å².